The molecule has 1 aliphatic rings. The second-order valence-corrected chi connectivity index (χ2v) is 11.5. The monoisotopic (exact) mass is 600 g/mol. The largest absolute Gasteiger partial charge is 0.497 e. The molecule has 9 nitrogen and oxygen atoms in total. The van der Waals surface area contributed by atoms with Crippen molar-refractivity contribution in [2.75, 3.05) is 39.8 Å². The molecule has 1 atom stereocenters. The van der Waals surface area contributed by atoms with Gasteiger partial charge < -0.3 is 23.7 Å². The number of aromatic nitrogens is 2. The van der Waals surface area contributed by atoms with E-state index in [1.165, 1.54) is 11.3 Å². The van der Waals surface area contributed by atoms with Crippen molar-refractivity contribution in [1.82, 2.24) is 9.13 Å². The highest BCUT2D eigenvalue weighted by Gasteiger charge is 2.35. The van der Waals surface area contributed by atoms with Gasteiger partial charge in [0.05, 0.1) is 36.6 Å². The number of carbonyl (C=O) groups excluding carboxylic acids is 1. The van der Waals surface area contributed by atoms with Gasteiger partial charge in [-0.1, -0.05) is 11.3 Å². The number of esters is 1. The summed E-state index contributed by atoms with van der Waals surface area (Å²) in [7, 11) is 7.15. The summed E-state index contributed by atoms with van der Waals surface area (Å²) in [5.41, 5.74) is 6.26. The minimum absolute atomic E-state index is 0.190. The summed E-state index contributed by atoms with van der Waals surface area (Å²) in [5.74, 6) is 0.555. The number of nitrogens with zero attached hydrogens (tertiary/aromatic N) is 4. The van der Waals surface area contributed by atoms with Crippen molar-refractivity contribution in [3.05, 3.63) is 102 Å². The van der Waals surface area contributed by atoms with E-state index in [2.05, 4.69) is 46.7 Å². The van der Waals surface area contributed by atoms with Crippen LogP contribution in [0.3, 0.4) is 0 Å². The summed E-state index contributed by atoms with van der Waals surface area (Å²) >= 11 is 1.29. The molecule has 0 N–H and O–H groups in total. The van der Waals surface area contributed by atoms with Crippen LogP contribution in [0.4, 0.5) is 5.69 Å². The molecule has 0 unspecified atom stereocenters. The van der Waals surface area contributed by atoms with Gasteiger partial charge in [0.15, 0.2) is 4.80 Å². The van der Waals surface area contributed by atoms with E-state index in [0.29, 0.717) is 32.1 Å². The molecule has 1 aliphatic heterocycles. The fourth-order valence-electron chi connectivity index (χ4n) is 5.51. The minimum atomic E-state index is -0.815. The van der Waals surface area contributed by atoms with Gasteiger partial charge in [0.25, 0.3) is 5.56 Å². The van der Waals surface area contributed by atoms with E-state index in [9.17, 15) is 9.59 Å². The lowest BCUT2D eigenvalue weighted by Crippen LogP contribution is -2.40. The Morgan fingerprint density at radius 1 is 1.05 bits per heavy atom. The lowest BCUT2D eigenvalue weighted by atomic mass is 9.94. The number of allylic oxidation sites excluding steroid dienone is 1. The number of thiazole rings is 1. The van der Waals surface area contributed by atoms with Crippen LogP contribution < -0.4 is 29.3 Å². The van der Waals surface area contributed by atoms with Crippen molar-refractivity contribution in [1.29, 1.82) is 0 Å². The van der Waals surface area contributed by atoms with E-state index in [-0.39, 0.29) is 17.7 Å². The number of ether oxygens (including phenoxy) is 3. The van der Waals surface area contributed by atoms with Crippen LogP contribution in [0, 0.1) is 13.8 Å². The number of fused-ring (bicyclic) bond motifs is 1. The van der Waals surface area contributed by atoms with Crippen LogP contribution in [0.15, 0.2) is 69.6 Å². The Morgan fingerprint density at radius 3 is 2.40 bits per heavy atom. The number of hydrogen-bond donors (Lipinski definition) is 0. The van der Waals surface area contributed by atoms with Gasteiger partial charge in [-0.3, -0.25) is 9.36 Å². The molecule has 5 rings (SSSR count). The van der Waals surface area contributed by atoms with E-state index >= 15 is 0 Å². The zero-order valence-corrected chi connectivity index (χ0v) is 26.5. The molecule has 43 heavy (non-hydrogen) atoms. The maximum absolute atomic E-state index is 14.2. The maximum Gasteiger partial charge on any atom is 0.338 e. The van der Waals surface area contributed by atoms with E-state index in [4.69, 9.17) is 19.2 Å². The first-order valence-electron chi connectivity index (χ1n) is 14.0. The molecule has 0 bridgehead atoms. The van der Waals surface area contributed by atoms with Crippen LogP contribution in [0.1, 0.15) is 42.4 Å². The summed E-state index contributed by atoms with van der Waals surface area (Å²) in [4.78, 5) is 34.7. The van der Waals surface area contributed by atoms with Crippen molar-refractivity contribution in [3.8, 4) is 17.2 Å². The standard InChI is InChI=1S/C33H36N4O5S/c1-9-42-32(39)29-20(3)34-33-37(30(29)26-18-25(40-7)14-15-27(26)41-8)31(38)28(43-33)17-22-16-19(2)36(21(22)4)24-12-10-23(11-13-24)35(5)6/h10-18,30H,9H2,1-8H3/b28-17+/t30-/m0/s1. The molecule has 0 amide bonds. The number of rotatable bonds is 8. The quantitative estimate of drug-likeness (QED) is 0.281. The Balaban J connectivity index is 1.70. The summed E-state index contributed by atoms with van der Waals surface area (Å²) < 4.78 is 20.9. The van der Waals surface area contributed by atoms with E-state index in [0.717, 1.165) is 28.3 Å². The van der Waals surface area contributed by atoms with Crippen LogP contribution >= 0.6 is 11.3 Å². The smallest absolute Gasteiger partial charge is 0.338 e. The molecule has 0 saturated heterocycles. The summed E-state index contributed by atoms with van der Waals surface area (Å²) in [6, 6.07) is 14.9. The number of carbonyl (C=O) groups is 1. The first-order chi connectivity index (χ1) is 20.6. The Hall–Kier alpha value is -4.57. The lowest BCUT2D eigenvalue weighted by molar-refractivity contribution is -0.139. The summed E-state index contributed by atoms with van der Waals surface area (Å²) in [5, 5.41) is 0. The zero-order valence-electron chi connectivity index (χ0n) is 25.7. The highest BCUT2D eigenvalue weighted by molar-refractivity contribution is 7.07. The number of anilines is 1. The molecule has 2 aromatic heterocycles. The van der Waals surface area contributed by atoms with Gasteiger partial charge in [-0.15, -0.1) is 0 Å². The molecule has 10 heteroatoms. The van der Waals surface area contributed by atoms with Crippen molar-refractivity contribution in [2.24, 2.45) is 4.99 Å². The van der Waals surface area contributed by atoms with Crippen molar-refractivity contribution in [3.63, 3.8) is 0 Å². The lowest BCUT2D eigenvalue weighted by Gasteiger charge is -2.26. The first-order valence-corrected chi connectivity index (χ1v) is 14.8. The third-order valence-corrected chi connectivity index (χ3v) is 8.61. The number of benzene rings is 2. The Bertz CT molecular complexity index is 1910. The molecular weight excluding hydrogens is 564 g/mol. The van der Waals surface area contributed by atoms with Gasteiger partial charge in [0.2, 0.25) is 0 Å². The predicted octanol–water partition coefficient (Wildman–Crippen LogP) is 4.29. The molecule has 0 saturated carbocycles. The van der Waals surface area contributed by atoms with Crippen LogP contribution in [0.2, 0.25) is 0 Å². The highest BCUT2D eigenvalue weighted by Crippen LogP contribution is 2.38. The molecule has 0 fully saturated rings. The average molecular weight is 601 g/mol. The molecule has 0 aliphatic carbocycles. The van der Waals surface area contributed by atoms with Gasteiger partial charge >= 0.3 is 5.97 Å². The molecule has 4 aromatic rings. The van der Waals surface area contributed by atoms with Gasteiger partial charge in [0.1, 0.15) is 17.5 Å². The maximum atomic E-state index is 14.2. The average Bonchev–Trinajstić information content (AvgIpc) is 3.45. The Labute approximate surface area is 254 Å². The van der Waals surface area contributed by atoms with Crippen LogP contribution in [0.5, 0.6) is 11.5 Å². The second kappa shape index (κ2) is 12.0. The Kier molecular flexibility index (Phi) is 8.32. The Morgan fingerprint density at radius 2 is 1.77 bits per heavy atom. The number of methoxy groups -OCH3 is 2. The predicted molar refractivity (Wildman–Crippen MR) is 170 cm³/mol. The zero-order chi connectivity index (χ0) is 31.0. The van der Waals surface area contributed by atoms with E-state index in [1.54, 1.807) is 50.8 Å². The fourth-order valence-corrected chi connectivity index (χ4v) is 6.55. The third kappa shape index (κ3) is 5.38. The van der Waals surface area contributed by atoms with E-state index in [1.807, 2.05) is 27.1 Å². The molecular formula is C33H36N4O5S. The molecule has 0 spiro atoms. The third-order valence-electron chi connectivity index (χ3n) is 7.63. The summed E-state index contributed by atoms with van der Waals surface area (Å²) in [6.07, 6.45) is 1.90. The van der Waals surface area contributed by atoms with Crippen LogP contribution in [-0.2, 0) is 9.53 Å². The highest BCUT2D eigenvalue weighted by atomic mass is 32.1. The molecule has 0 radical (unpaired) electrons. The normalized spacial score (nSPS) is 14.8. The van der Waals surface area contributed by atoms with Crippen molar-refractivity contribution < 1.29 is 19.0 Å². The molecule has 2 aromatic carbocycles. The van der Waals surface area contributed by atoms with Gasteiger partial charge in [-0.05, 0) is 87.9 Å². The summed E-state index contributed by atoms with van der Waals surface area (Å²) in [6.45, 7) is 7.80. The van der Waals surface area contributed by atoms with Crippen LogP contribution in [0.25, 0.3) is 11.8 Å². The van der Waals surface area contributed by atoms with Gasteiger partial charge in [-0.2, -0.15) is 0 Å². The SMILES string of the molecule is CCOC(=O)C1=C(C)N=c2s/c(=C/c3cc(C)n(-c4ccc(N(C)C)cc4)c3C)c(=O)n2[C@H]1c1cc(OC)ccc1OC. The van der Waals surface area contributed by atoms with E-state index < -0.39 is 12.0 Å². The van der Waals surface area contributed by atoms with Crippen molar-refractivity contribution in [2.45, 2.75) is 33.7 Å². The van der Waals surface area contributed by atoms with Gasteiger partial charge in [0, 0.05) is 42.4 Å². The first kappa shape index (κ1) is 29.9. The molecule has 3 heterocycles. The number of aryl methyl sites for hydroxylation is 1. The number of hydrogen-bond acceptors (Lipinski definition) is 8. The van der Waals surface area contributed by atoms with Crippen LogP contribution in [-0.4, -0.2) is 50.0 Å². The second-order valence-electron chi connectivity index (χ2n) is 10.5. The van der Waals surface area contributed by atoms with Crippen molar-refractivity contribution >= 4 is 29.1 Å². The topological polar surface area (TPSA) is 87.3 Å². The van der Waals surface area contributed by atoms with Gasteiger partial charge in [-0.25, -0.2) is 9.79 Å². The molecule has 224 valence electrons. The minimum Gasteiger partial charge on any atom is -0.497 e. The fraction of sp³-hybridized carbons (Fsp3) is 0.303.